The van der Waals surface area contributed by atoms with Gasteiger partial charge in [-0.3, -0.25) is 4.98 Å². The number of aliphatic hydroxyl groups is 1. The average Bonchev–Trinajstić information content (AvgIpc) is 2.04. The summed E-state index contributed by atoms with van der Waals surface area (Å²) in [4.78, 5) is 3.79. The standard InChI is InChI=1S/C8H9F2NO/c1-5-2-3-6(4-11-5)7(12)8(9)10/h2-4,7-8,12H,1H3/t7-/m1/s1. The van der Waals surface area contributed by atoms with Gasteiger partial charge >= 0.3 is 0 Å². The van der Waals surface area contributed by atoms with Gasteiger partial charge in [0, 0.05) is 17.5 Å². The lowest BCUT2D eigenvalue weighted by Crippen LogP contribution is -2.08. The lowest BCUT2D eigenvalue weighted by atomic mass is 10.1. The third kappa shape index (κ3) is 1.98. The van der Waals surface area contributed by atoms with Crippen molar-refractivity contribution in [1.29, 1.82) is 0 Å². The largest absolute Gasteiger partial charge is 0.382 e. The summed E-state index contributed by atoms with van der Waals surface area (Å²) in [6, 6.07) is 3.03. The minimum Gasteiger partial charge on any atom is -0.382 e. The summed E-state index contributed by atoms with van der Waals surface area (Å²) in [6.45, 7) is 1.75. The number of aromatic nitrogens is 1. The maximum Gasteiger partial charge on any atom is 0.268 e. The third-order valence-electron chi connectivity index (χ3n) is 1.51. The molecule has 12 heavy (non-hydrogen) atoms. The number of nitrogens with zero attached hydrogens (tertiary/aromatic N) is 1. The molecule has 0 aliphatic heterocycles. The molecule has 1 atom stereocenters. The highest BCUT2D eigenvalue weighted by Gasteiger charge is 2.18. The Bertz CT molecular complexity index is 248. The van der Waals surface area contributed by atoms with Crippen LogP contribution in [0.1, 0.15) is 17.4 Å². The number of aryl methyl sites for hydroxylation is 1. The number of pyridine rings is 1. The summed E-state index contributed by atoms with van der Waals surface area (Å²) in [5.74, 6) is 0. The van der Waals surface area contributed by atoms with Crippen molar-refractivity contribution in [3.63, 3.8) is 0 Å². The van der Waals surface area contributed by atoms with Crippen molar-refractivity contribution in [2.24, 2.45) is 0 Å². The van der Waals surface area contributed by atoms with Crippen molar-refractivity contribution in [2.75, 3.05) is 0 Å². The molecule has 0 radical (unpaired) electrons. The molecule has 1 aromatic heterocycles. The monoisotopic (exact) mass is 173 g/mol. The Morgan fingerprint density at radius 1 is 1.42 bits per heavy atom. The normalized spacial score (nSPS) is 13.4. The second-order valence-corrected chi connectivity index (χ2v) is 2.51. The van der Waals surface area contributed by atoms with Gasteiger partial charge in [0.15, 0.2) is 0 Å². The van der Waals surface area contributed by atoms with Crippen LogP contribution in [0.2, 0.25) is 0 Å². The molecule has 0 aliphatic carbocycles. The highest BCUT2D eigenvalue weighted by atomic mass is 19.3. The molecule has 0 aromatic carbocycles. The Morgan fingerprint density at radius 2 is 2.08 bits per heavy atom. The minimum atomic E-state index is -2.76. The lowest BCUT2D eigenvalue weighted by molar-refractivity contribution is -0.00597. The van der Waals surface area contributed by atoms with Gasteiger partial charge in [-0.1, -0.05) is 6.07 Å². The van der Waals surface area contributed by atoms with Gasteiger partial charge in [0.05, 0.1) is 0 Å². The Hall–Kier alpha value is -1.03. The van der Waals surface area contributed by atoms with Gasteiger partial charge in [0.25, 0.3) is 6.43 Å². The van der Waals surface area contributed by atoms with Gasteiger partial charge in [-0.05, 0) is 13.0 Å². The maximum atomic E-state index is 11.9. The average molecular weight is 173 g/mol. The Kier molecular flexibility index (Phi) is 2.70. The van der Waals surface area contributed by atoms with Gasteiger partial charge in [-0.15, -0.1) is 0 Å². The van der Waals surface area contributed by atoms with Gasteiger partial charge in [0.2, 0.25) is 0 Å². The predicted octanol–water partition coefficient (Wildman–Crippen LogP) is 1.69. The highest BCUT2D eigenvalue weighted by molar-refractivity contribution is 5.15. The zero-order chi connectivity index (χ0) is 9.14. The number of halogens is 2. The number of alkyl halides is 2. The predicted molar refractivity (Wildman–Crippen MR) is 39.9 cm³/mol. The minimum absolute atomic E-state index is 0.149. The van der Waals surface area contributed by atoms with Gasteiger partial charge < -0.3 is 5.11 Å². The van der Waals surface area contributed by atoms with E-state index in [1.54, 1.807) is 13.0 Å². The molecule has 1 N–H and O–H groups in total. The van der Waals surface area contributed by atoms with E-state index in [0.29, 0.717) is 0 Å². The SMILES string of the molecule is Cc1ccc([C@@H](O)C(F)F)cn1. The molecule has 0 spiro atoms. The zero-order valence-electron chi connectivity index (χ0n) is 6.54. The lowest BCUT2D eigenvalue weighted by Gasteiger charge is -2.08. The van der Waals surface area contributed by atoms with E-state index in [0.717, 1.165) is 5.69 Å². The quantitative estimate of drug-likeness (QED) is 0.738. The molecule has 1 aromatic rings. The van der Waals surface area contributed by atoms with Crippen LogP contribution >= 0.6 is 0 Å². The molecular formula is C8H9F2NO. The maximum absolute atomic E-state index is 11.9. The second-order valence-electron chi connectivity index (χ2n) is 2.51. The first-order chi connectivity index (χ1) is 5.61. The van der Waals surface area contributed by atoms with Crippen molar-refractivity contribution in [3.8, 4) is 0 Å². The molecule has 0 aliphatic rings. The zero-order valence-corrected chi connectivity index (χ0v) is 6.54. The molecule has 0 bridgehead atoms. The Balaban J connectivity index is 2.82. The first-order valence-electron chi connectivity index (χ1n) is 3.50. The van der Waals surface area contributed by atoms with E-state index in [9.17, 15) is 8.78 Å². The number of rotatable bonds is 2. The van der Waals surface area contributed by atoms with Crippen molar-refractivity contribution in [2.45, 2.75) is 19.5 Å². The molecule has 0 unspecified atom stereocenters. The first kappa shape index (κ1) is 9.06. The van der Waals surface area contributed by atoms with Crippen LogP contribution in [-0.4, -0.2) is 16.5 Å². The van der Waals surface area contributed by atoms with Gasteiger partial charge in [-0.25, -0.2) is 8.78 Å². The summed E-state index contributed by atoms with van der Waals surface area (Å²) in [5.41, 5.74) is 0.885. The smallest absolute Gasteiger partial charge is 0.268 e. The van der Waals surface area contributed by atoms with Crippen molar-refractivity contribution in [1.82, 2.24) is 4.98 Å². The number of aliphatic hydroxyl groups excluding tert-OH is 1. The van der Waals surface area contributed by atoms with Crippen LogP contribution in [0.25, 0.3) is 0 Å². The van der Waals surface area contributed by atoms with Crippen LogP contribution < -0.4 is 0 Å². The molecule has 0 saturated carbocycles. The molecule has 0 fully saturated rings. The van der Waals surface area contributed by atoms with E-state index in [-0.39, 0.29) is 5.56 Å². The molecule has 1 heterocycles. The molecule has 1 rings (SSSR count). The fourth-order valence-electron chi connectivity index (χ4n) is 0.800. The summed E-state index contributed by atoms with van der Waals surface area (Å²) >= 11 is 0. The van der Waals surface area contributed by atoms with Crippen LogP contribution in [0.4, 0.5) is 8.78 Å². The summed E-state index contributed by atoms with van der Waals surface area (Å²) in [7, 11) is 0. The van der Waals surface area contributed by atoms with E-state index in [4.69, 9.17) is 5.11 Å². The van der Waals surface area contributed by atoms with E-state index in [1.807, 2.05) is 0 Å². The first-order valence-corrected chi connectivity index (χ1v) is 3.50. The topological polar surface area (TPSA) is 33.1 Å². The molecule has 4 heteroatoms. The van der Waals surface area contributed by atoms with E-state index >= 15 is 0 Å². The van der Waals surface area contributed by atoms with E-state index in [1.165, 1.54) is 12.3 Å². The Morgan fingerprint density at radius 3 is 2.50 bits per heavy atom. The summed E-state index contributed by atoms with van der Waals surface area (Å²) in [6.07, 6.45) is -3.22. The molecule has 66 valence electrons. The molecule has 0 saturated heterocycles. The van der Waals surface area contributed by atoms with Crippen LogP contribution in [0, 0.1) is 6.92 Å². The van der Waals surface area contributed by atoms with Gasteiger partial charge in [0.1, 0.15) is 6.10 Å². The molecule has 2 nitrogen and oxygen atoms in total. The van der Waals surface area contributed by atoms with Gasteiger partial charge in [-0.2, -0.15) is 0 Å². The van der Waals surface area contributed by atoms with Crippen molar-refractivity contribution >= 4 is 0 Å². The van der Waals surface area contributed by atoms with Crippen LogP contribution in [-0.2, 0) is 0 Å². The fourth-order valence-corrected chi connectivity index (χ4v) is 0.800. The highest BCUT2D eigenvalue weighted by Crippen LogP contribution is 2.18. The van der Waals surface area contributed by atoms with E-state index in [2.05, 4.69) is 4.98 Å². The molecule has 0 amide bonds. The van der Waals surface area contributed by atoms with Crippen molar-refractivity contribution in [3.05, 3.63) is 29.6 Å². The van der Waals surface area contributed by atoms with E-state index < -0.39 is 12.5 Å². The third-order valence-corrected chi connectivity index (χ3v) is 1.51. The van der Waals surface area contributed by atoms with Crippen LogP contribution in [0.3, 0.4) is 0 Å². The van der Waals surface area contributed by atoms with Crippen LogP contribution in [0.5, 0.6) is 0 Å². The fraction of sp³-hybridized carbons (Fsp3) is 0.375. The second kappa shape index (κ2) is 3.58. The Labute approximate surface area is 68.9 Å². The van der Waals surface area contributed by atoms with Crippen LogP contribution in [0.15, 0.2) is 18.3 Å². The summed E-state index contributed by atoms with van der Waals surface area (Å²) in [5, 5.41) is 8.90. The number of hydrogen-bond donors (Lipinski definition) is 1. The molecular weight excluding hydrogens is 164 g/mol. The number of hydrogen-bond acceptors (Lipinski definition) is 2. The summed E-state index contributed by atoms with van der Waals surface area (Å²) < 4.78 is 23.9. The van der Waals surface area contributed by atoms with Crippen molar-refractivity contribution < 1.29 is 13.9 Å².